The van der Waals surface area contributed by atoms with Gasteiger partial charge in [-0.05, 0) is 50.3 Å². The molecule has 0 heterocycles. The van der Waals surface area contributed by atoms with Crippen molar-refractivity contribution >= 4 is 5.97 Å². The SMILES string of the molecule is CCCNC(C)(C(=O)OCC)c1ccc(CC(C)C)cc1. The summed E-state index contributed by atoms with van der Waals surface area (Å²) in [5.41, 5.74) is 1.49. The van der Waals surface area contributed by atoms with Crippen LogP contribution in [0.4, 0.5) is 0 Å². The van der Waals surface area contributed by atoms with E-state index < -0.39 is 5.54 Å². The summed E-state index contributed by atoms with van der Waals surface area (Å²) in [5, 5.41) is 3.33. The Hall–Kier alpha value is -1.35. The molecule has 1 aromatic rings. The maximum Gasteiger partial charge on any atom is 0.330 e. The Morgan fingerprint density at radius 3 is 2.33 bits per heavy atom. The maximum absolute atomic E-state index is 12.3. The van der Waals surface area contributed by atoms with Crippen molar-refractivity contribution in [1.82, 2.24) is 5.32 Å². The summed E-state index contributed by atoms with van der Waals surface area (Å²) in [5.74, 6) is 0.417. The van der Waals surface area contributed by atoms with Crippen molar-refractivity contribution in [3.8, 4) is 0 Å². The van der Waals surface area contributed by atoms with Crippen molar-refractivity contribution < 1.29 is 9.53 Å². The van der Waals surface area contributed by atoms with Gasteiger partial charge in [0.2, 0.25) is 0 Å². The van der Waals surface area contributed by atoms with Gasteiger partial charge in [-0.15, -0.1) is 0 Å². The first-order valence-electron chi connectivity index (χ1n) is 7.95. The van der Waals surface area contributed by atoms with Crippen LogP contribution in [-0.4, -0.2) is 19.1 Å². The molecule has 1 atom stereocenters. The number of hydrogen-bond acceptors (Lipinski definition) is 3. The molecule has 0 saturated heterocycles. The first kappa shape index (κ1) is 17.7. The summed E-state index contributed by atoms with van der Waals surface area (Å²) in [6, 6.07) is 8.30. The highest BCUT2D eigenvalue weighted by atomic mass is 16.5. The fourth-order valence-electron chi connectivity index (χ4n) is 2.39. The van der Waals surface area contributed by atoms with E-state index >= 15 is 0 Å². The molecule has 0 aliphatic heterocycles. The molecule has 1 unspecified atom stereocenters. The van der Waals surface area contributed by atoms with Crippen LogP contribution in [0.1, 0.15) is 52.2 Å². The molecule has 0 amide bonds. The van der Waals surface area contributed by atoms with Crippen molar-refractivity contribution in [2.45, 2.75) is 53.0 Å². The van der Waals surface area contributed by atoms with Gasteiger partial charge in [0.1, 0.15) is 5.54 Å². The molecular formula is C18H29NO2. The molecule has 0 aliphatic rings. The van der Waals surface area contributed by atoms with Crippen LogP contribution in [0.15, 0.2) is 24.3 Å². The van der Waals surface area contributed by atoms with Gasteiger partial charge in [-0.1, -0.05) is 45.0 Å². The number of carbonyl (C=O) groups is 1. The quantitative estimate of drug-likeness (QED) is 0.743. The van der Waals surface area contributed by atoms with Crippen LogP contribution in [0.5, 0.6) is 0 Å². The normalized spacial score (nSPS) is 14.0. The van der Waals surface area contributed by atoms with Crippen LogP contribution >= 0.6 is 0 Å². The molecule has 0 aliphatic carbocycles. The number of esters is 1. The van der Waals surface area contributed by atoms with Gasteiger partial charge in [0.05, 0.1) is 6.61 Å². The van der Waals surface area contributed by atoms with Gasteiger partial charge in [-0.3, -0.25) is 5.32 Å². The molecule has 0 spiro atoms. The van der Waals surface area contributed by atoms with Crippen molar-refractivity contribution in [3.05, 3.63) is 35.4 Å². The molecular weight excluding hydrogens is 262 g/mol. The Morgan fingerprint density at radius 1 is 1.24 bits per heavy atom. The minimum atomic E-state index is -0.775. The number of carbonyl (C=O) groups excluding carboxylic acids is 1. The lowest BCUT2D eigenvalue weighted by Gasteiger charge is -2.29. The standard InChI is InChI=1S/C18H29NO2/c1-6-12-19-18(5,17(20)21-7-2)16-10-8-15(9-11-16)13-14(3)4/h8-11,14,19H,6-7,12-13H2,1-5H3. The van der Waals surface area contributed by atoms with Gasteiger partial charge < -0.3 is 4.74 Å². The van der Waals surface area contributed by atoms with Crippen LogP contribution < -0.4 is 5.32 Å². The van der Waals surface area contributed by atoms with Gasteiger partial charge in [0.15, 0.2) is 0 Å². The molecule has 0 radical (unpaired) electrons. The largest absolute Gasteiger partial charge is 0.464 e. The molecule has 0 bridgehead atoms. The summed E-state index contributed by atoms with van der Waals surface area (Å²) < 4.78 is 5.25. The zero-order valence-corrected chi connectivity index (χ0v) is 14.0. The molecule has 118 valence electrons. The Labute approximate surface area is 129 Å². The number of benzene rings is 1. The van der Waals surface area contributed by atoms with E-state index in [-0.39, 0.29) is 5.97 Å². The van der Waals surface area contributed by atoms with Crippen LogP contribution in [0, 0.1) is 5.92 Å². The van der Waals surface area contributed by atoms with E-state index in [1.807, 2.05) is 26.0 Å². The zero-order chi connectivity index (χ0) is 15.9. The van der Waals surface area contributed by atoms with Crippen LogP contribution in [0.3, 0.4) is 0 Å². The third kappa shape index (κ3) is 4.85. The van der Waals surface area contributed by atoms with Crippen molar-refractivity contribution in [3.63, 3.8) is 0 Å². The molecule has 0 aromatic heterocycles. The second-order valence-corrected chi connectivity index (χ2v) is 6.07. The molecule has 21 heavy (non-hydrogen) atoms. The molecule has 1 N–H and O–H groups in total. The second-order valence-electron chi connectivity index (χ2n) is 6.07. The minimum absolute atomic E-state index is 0.213. The van der Waals surface area contributed by atoms with Gasteiger partial charge in [0.25, 0.3) is 0 Å². The lowest BCUT2D eigenvalue weighted by Crippen LogP contribution is -2.48. The van der Waals surface area contributed by atoms with E-state index in [0.29, 0.717) is 12.5 Å². The highest BCUT2D eigenvalue weighted by molar-refractivity contribution is 5.82. The van der Waals surface area contributed by atoms with E-state index in [1.165, 1.54) is 5.56 Å². The number of ether oxygens (including phenoxy) is 1. The van der Waals surface area contributed by atoms with Gasteiger partial charge in [-0.25, -0.2) is 4.79 Å². The summed E-state index contributed by atoms with van der Waals surface area (Å²) in [7, 11) is 0. The molecule has 1 rings (SSSR count). The van der Waals surface area contributed by atoms with Crippen molar-refractivity contribution in [1.29, 1.82) is 0 Å². The van der Waals surface area contributed by atoms with Gasteiger partial charge in [0, 0.05) is 0 Å². The van der Waals surface area contributed by atoms with Crippen LogP contribution in [0.2, 0.25) is 0 Å². The molecule has 0 fully saturated rings. The highest BCUT2D eigenvalue weighted by Crippen LogP contribution is 2.24. The topological polar surface area (TPSA) is 38.3 Å². The average molecular weight is 291 g/mol. The van der Waals surface area contributed by atoms with Crippen molar-refractivity contribution in [2.24, 2.45) is 5.92 Å². The lowest BCUT2D eigenvalue weighted by molar-refractivity contribution is -0.151. The summed E-state index contributed by atoms with van der Waals surface area (Å²) in [4.78, 5) is 12.3. The van der Waals surface area contributed by atoms with E-state index in [9.17, 15) is 4.79 Å². The van der Waals surface area contributed by atoms with Gasteiger partial charge >= 0.3 is 5.97 Å². The molecule has 1 aromatic carbocycles. The van der Waals surface area contributed by atoms with E-state index in [4.69, 9.17) is 4.74 Å². The molecule has 3 nitrogen and oxygen atoms in total. The first-order chi connectivity index (χ1) is 9.93. The maximum atomic E-state index is 12.3. The zero-order valence-electron chi connectivity index (χ0n) is 14.0. The predicted molar refractivity (Wildman–Crippen MR) is 87.3 cm³/mol. The summed E-state index contributed by atoms with van der Waals surface area (Å²) in [6.07, 6.45) is 2.03. The summed E-state index contributed by atoms with van der Waals surface area (Å²) in [6.45, 7) is 11.4. The van der Waals surface area contributed by atoms with E-state index in [2.05, 4.69) is 38.2 Å². The third-order valence-corrected chi connectivity index (χ3v) is 3.59. The van der Waals surface area contributed by atoms with E-state index in [0.717, 1.165) is 24.9 Å². The minimum Gasteiger partial charge on any atom is -0.464 e. The number of nitrogens with one attached hydrogen (secondary N) is 1. The average Bonchev–Trinajstić information content (AvgIpc) is 2.45. The van der Waals surface area contributed by atoms with Gasteiger partial charge in [-0.2, -0.15) is 0 Å². The Kier molecular flexibility index (Phi) is 6.90. The third-order valence-electron chi connectivity index (χ3n) is 3.59. The van der Waals surface area contributed by atoms with Crippen molar-refractivity contribution in [2.75, 3.05) is 13.2 Å². The smallest absolute Gasteiger partial charge is 0.330 e. The highest BCUT2D eigenvalue weighted by Gasteiger charge is 2.35. The lowest BCUT2D eigenvalue weighted by atomic mass is 9.90. The van der Waals surface area contributed by atoms with E-state index in [1.54, 1.807) is 0 Å². The van der Waals surface area contributed by atoms with Crippen LogP contribution in [-0.2, 0) is 21.5 Å². The Bertz CT molecular complexity index is 439. The fraction of sp³-hybridized carbons (Fsp3) is 0.611. The monoisotopic (exact) mass is 291 g/mol. The molecule has 0 saturated carbocycles. The fourth-order valence-corrected chi connectivity index (χ4v) is 2.39. The first-order valence-corrected chi connectivity index (χ1v) is 7.95. The summed E-state index contributed by atoms with van der Waals surface area (Å²) >= 11 is 0. The Balaban J connectivity index is 2.99. The molecule has 3 heteroatoms. The second kappa shape index (κ2) is 8.18. The number of hydrogen-bond donors (Lipinski definition) is 1. The Morgan fingerprint density at radius 2 is 1.86 bits per heavy atom. The predicted octanol–water partition coefficient (Wildman–Crippen LogP) is 3.66. The van der Waals surface area contributed by atoms with Crippen LogP contribution in [0.25, 0.3) is 0 Å². The number of rotatable bonds is 8.